The van der Waals surface area contributed by atoms with Crippen molar-refractivity contribution >= 4 is 34.8 Å². The van der Waals surface area contributed by atoms with Crippen LogP contribution in [0, 0.1) is 4.77 Å². The minimum atomic E-state index is -0.291. The maximum atomic E-state index is 12.4. The Morgan fingerprint density at radius 2 is 2.00 bits per heavy atom. The lowest BCUT2D eigenvalue weighted by Gasteiger charge is -2.07. The van der Waals surface area contributed by atoms with E-state index in [2.05, 4.69) is 10.3 Å². The van der Waals surface area contributed by atoms with Gasteiger partial charge in [0.05, 0.1) is 0 Å². The van der Waals surface area contributed by atoms with Gasteiger partial charge in [-0.05, 0) is 42.5 Å². The molecule has 0 aliphatic carbocycles. The lowest BCUT2D eigenvalue weighted by atomic mass is 10.2. The van der Waals surface area contributed by atoms with Gasteiger partial charge in [0, 0.05) is 29.2 Å². The zero-order valence-electron chi connectivity index (χ0n) is 12.5. The van der Waals surface area contributed by atoms with Gasteiger partial charge in [-0.2, -0.15) is 0 Å². The summed E-state index contributed by atoms with van der Waals surface area (Å²) in [6.45, 7) is 0. The van der Waals surface area contributed by atoms with Crippen molar-refractivity contribution < 1.29 is 9.21 Å². The second-order valence-electron chi connectivity index (χ2n) is 5.29. The van der Waals surface area contributed by atoms with Gasteiger partial charge in [0.15, 0.2) is 10.5 Å². The standard InChI is InChI=1S/C18H13N3O2S/c22-17(16-10-12-4-1-2-7-15(12)23-16)20-13-5-3-6-14(11-13)21-9-8-19-18(21)24/h1-11H,(H,19,24)(H,20,22). The van der Waals surface area contributed by atoms with Crippen molar-refractivity contribution in [1.29, 1.82) is 0 Å². The van der Waals surface area contributed by atoms with E-state index in [0.717, 1.165) is 11.1 Å². The first-order valence-corrected chi connectivity index (χ1v) is 7.78. The first-order valence-electron chi connectivity index (χ1n) is 7.37. The second kappa shape index (κ2) is 5.82. The molecule has 24 heavy (non-hydrogen) atoms. The summed E-state index contributed by atoms with van der Waals surface area (Å²) >= 11 is 5.22. The number of amides is 1. The number of hydrogen-bond acceptors (Lipinski definition) is 3. The number of hydrogen-bond donors (Lipinski definition) is 2. The smallest absolute Gasteiger partial charge is 0.291 e. The number of furan rings is 1. The van der Waals surface area contributed by atoms with Crippen LogP contribution in [0.3, 0.4) is 0 Å². The molecule has 0 atom stereocenters. The van der Waals surface area contributed by atoms with Crippen LogP contribution in [-0.4, -0.2) is 15.5 Å². The van der Waals surface area contributed by atoms with Gasteiger partial charge in [-0.15, -0.1) is 0 Å². The molecule has 0 radical (unpaired) electrons. The molecule has 2 heterocycles. The summed E-state index contributed by atoms with van der Waals surface area (Å²) in [5.41, 5.74) is 2.22. The van der Waals surface area contributed by atoms with Crippen molar-refractivity contribution in [2.24, 2.45) is 0 Å². The Bertz CT molecular complexity index is 1060. The molecular weight excluding hydrogens is 322 g/mol. The molecule has 2 N–H and O–H groups in total. The van der Waals surface area contributed by atoms with E-state index in [-0.39, 0.29) is 11.7 Å². The third kappa shape index (κ3) is 2.63. The monoisotopic (exact) mass is 335 g/mol. The average Bonchev–Trinajstić information content (AvgIpc) is 3.21. The molecule has 6 heteroatoms. The van der Waals surface area contributed by atoms with Crippen LogP contribution in [0.15, 0.2) is 71.4 Å². The molecule has 2 aromatic heterocycles. The maximum Gasteiger partial charge on any atom is 0.291 e. The number of fused-ring (bicyclic) bond motifs is 1. The number of carbonyl (C=O) groups excluding carboxylic acids is 1. The lowest BCUT2D eigenvalue weighted by Crippen LogP contribution is -2.11. The normalized spacial score (nSPS) is 10.8. The summed E-state index contributed by atoms with van der Waals surface area (Å²) in [4.78, 5) is 15.4. The Hall–Kier alpha value is -3.12. The van der Waals surface area contributed by atoms with Gasteiger partial charge >= 0.3 is 0 Å². The summed E-state index contributed by atoms with van der Waals surface area (Å²) in [5, 5.41) is 3.75. The number of aromatic amines is 1. The number of carbonyl (C=O) groups is 1. The summed E-state index contributed by atoms with van der Waals surface area (Å²) in [7, 11) is 0. The van der Waals surface area contributed by atoms with Crippen LogP contribution >= 0.6 is 12.2 Å². The van der Waals surface area contributed by atoms with Gasteiger partial charge < -0.3 is 14.7 Å². The number of para-hydroxylation sites is 1. The topological polar surface area (TPSA) is 63.0 Å². The van der Waals surface area contributed by atoms with E-state index in [0.29, 0.717) is 16.0 Å². The molecule has 0 fully saturated rings. The predicted molar refractivity (Wildman–Crippen MR) is 95.1 cm³/mol. The first-order chi connectivity index (χ1) is 11.7. The van der Waals surface area contributed by atoms with E-state index in [1.807, 2.05) is 59.3 Å². The van der Waals surface area contributed by atoms with E-state index in [9.17, 15) is 4.79 Å². The molecule has 1 amide bonds. The highest BCUT2D eigenvalue weighted by atomic mass is 32.1. The molecule has 0 bridgehead atoms. The van der Waals surface area contributed by atoms with Crippen LogP contribution in [0.25, 0.3) is 16.7 Å². The fourth-order valence-electron chi connectivity index (χ4n) is 2.54. The number of anilines is 1. The van der Waals surface area contributed by atoms with Crippen molar-refractivity contribution in [1.82, 2.24) is 9.55 Å². The minimum Gasteiger partial charge on any atom is -0.451 e. The largest absolute Gasteiger partial charge is 0.451 e. The minimum absolute atomic E-state index is 0.278. The number of imidazole rings is 1. The number of nitrogens with zero attached hydrogens (tertiary/aromatic N) is 1. The average molecular weight is 335 g/mol. The van der Waals surface area contributed by atoms with Gasteiger partial charge in [0.25, 0.3) is 5.91 Å². The van der Waals surface area contributed by atoms with Crippen molar-refractivity contribution in [3.8, 4) is 5.69 Å². The highest BCUT2D eigenvalue weighted by Crippen LogP contribution is 2.21. The highest BCUT2D eigenvalue weighted by molar-refractivity contribution is 7.71. The van der Waals surface area contributed by atoms with Crippen LogP contribution in [0.4, 0.5) is 5.69 Å². The van der Waals surface area contributed by atoms with Crippen molar-refractivity contribution in [3.63, 3.8) is 0 Å². The number of aromatic nitrogens is 2. The van der Waals surface area contributed by atoms with Gasteiger partial charge in [-0.25, -0.2) is 0 Å². The van der Waals surface area contributed by atoms with Crippen molar-refractivity contribution in [2.45, 2.75) is 0 Å². The van der Waals surface area contributed by atoms with E-state index in [4.69, 9.17) is 16.6 Å². The number of H-pyrrole nitrogens is 1. The van der Waals surface area contributed by atoms with Crippen LogP contribution in [0.2, 0.25) is 0 Å². The molecule has 0 spiro atoms. The summed E-state index contributed by atoms with van der Waals surface area (Å²) < 4.78 is 8.00. The molecule has 0 aliphatic rings. The molecule has 0 saturated heterocycles. The van der Waals surface area contributed by atoms with Crippen LogP contribution in [0.5, 0.6) is 0 Å². The summed E-state index contributed by atoms with van der Waals surface area (Å²) in [6.07, 6.45) is 3.60. The Balaban J connectivity index is 1.62. The van der Waals surface area contributed by atoms with Crippen LogP contribution in [-0.2, 0) is 0 Å². The Morgan fingerprint density at radius 1 is 1.12 bits per heavy atom. The van der Waals surface area contributed by atoms with E-state index in [1.165, 1.54) is 0 Å². The fraction of sp³-hybridized carbons (Fsp3) is 0. The predicted octanol–water partition coefficient (Wildman–Crippen LogP) is 4.53. The number of nitrogens with one attached hydrogen (secondary N) is 2. The van der Waals surface area contributed by atoms with E-state index >= 15 is 0 Å². The summed E-state index contributed by atoms with van der Waals surface area (Å²) in [6, 6.07) is 16.7. The van der Waals surface area contributed by atoms with Crippen molar-refractivity contribution in [3.05, 3.63) is 77.5 Å². The maximum absolute atomic E-state index is 12.4. The molecule has 2 aromatic carbocycles. The molecular formula is C18H13N3O2S. The lowest BCUT2D eigenvalue weighted by molar-refractivity contribution is 0.0998. The first kappa shape index (κ1) is 14.5. The number of benzene rings is 2. The molecule has 118 valence electrons. The third-order valence-electron chi connectivity index (χ3n) is 3.68. The zero-order chi connectivity index (χ0) is 16.5. The van der Waals surface area contributed by atoms with E-state index in [1.54, 1.807) is 12.3 Å². The van der Waals surface area contributed by atoms with Crippen LogP contribution < -0.4 is 5.32 Å². The molecule has 0 aliphatic heterocycles. The Kier molecular flexibility index (Phi) is 3.51. The van der Waals surface area contributed by atoms with Crippen LogP contribution in [0.1, 0.15) is 10.6 Å². The molecule has 4 aromatic rings. The SMILES string of the molecule is O=C(Nc1cccc(-n2cc[nH]c2=S)c1)c1cc2ccccc2o1. The molecule has 4 rings (SSSR count). The van der Waals surface area contributed by atoms with E-state index < -0.39 is 0 Å². The molecule has 5 nitrogen and oxygen atoms in total. The van der Waals surface area contributed by atoms with Gasteiger partial charge in [-0.3, -0.25) is 9.36 Å². The third-order valence-corrected chi connectivity index (χ3v) is 4.00. The Morgan fingerprint density at radius 3 is 2.79 bits per heavy atom. The second-order valence-corrected chi connectivity index (χ2v) is 5.67. The Labute approximate surface area is 142 Å². The van der Waals surface area contributed by atoms with Gasteiger partial charge in [-0.1, -0.05) is 24.3 Å². The number of rotatable bonds is 3. The van der Waals surface area contributed by atoms with Gasteiger partial charge in [0.1, 0.15) is 5.58 Å². The van der Waals surface area contributed by atoms with Gasteiger partial charge in [0.2, 0.25) is 0 Å². The molecule has 0 unspecified atom stereocenters. The quantitative estimate of drug-likeness (QED) is 0.541. The fourth-order valence-corrected chi connectivity index (χ4v) is 2.78. The zero-order valence-corrected chi connectivity index (χ0v) is 13.3. The highest BCUT2D eigenvalue weighted by Gasteiger charge is 2.12. The summed E-state index contributed by atoms with van der Waals surface area (Å²) in [5.74, 6) is -0.0131. The molecule has 0 saturated carbocycles. The van der Waals surface area contributed by atoms with Crippen molar-refractivity contribution in [2.75, 3.05) is 5.32 Å².